The van der Waals surface area contributed by atoms with E-state index in [0.29, 0.717) is 11.5 Å². The Balaban J connectivity index is 1.65. The smallest absolute Gasteiger partial charge is 0.276 e. The molecule has 0 atom stereocenters. The van der Waals surface area contributed by atoms with Gasteiger partial charge in [-0.25, -0.2) is 9.66 Å². The van der Waals surface area contributed by atoms with Crippen LogP contribution in [0.15, 0.2) is 61.4 Å². The first kappa shape index (κ1) is 16.6. The maximum atomic E-state index is 12.2. The van der Waals surface area contributed by atoms with Crippen LogP contribution in [0.3, 0.4) is 0 Å². The molecule has 128 valence electrons. The van der Waals surface area contributed by atoms with E-state index in [1.807, 2.05) is 42.5 Å². The number of amides is 1. The van der Waals surface area contributed by atoms with Crippen LogP contribution in [0.5, 0.6) is 11.5 Å². The molecule has 25 heavy (non-hydrogen) atoms. The third kappa shape index (κ3) is 3.80. The second kappa shape index (κ2) is 7.53. The number of nitrogens with zero attached hydrogens (tertiary/aromatic N) is 2. The first-order valence-corrected chi connectivity index (χ1v) is 7.84. The zero-order chi connectivity index (χ0) is 17.6. The predicted molar refractivity (Wildman–Crippen MR) is 96.5 cm³/mol. The number of ether oxygens (including phenoxy) is 2. The highest BCUT2D eigenvalue weighted by Crippen LogP contribution is 2.28. The molecule has 3 aromatic rings. The van der Waals surface area contributed by atoms with Crippen molar-refractivity contribution in [2.75, 3.05) is 19.1 Å². The van der Waals surface area contributed by atoms with Crippen molar-refractivity contribution in [3.63, 3.8) is 0 Å². The van der Waals surface area contributed by atoms with Crippen LogP contribution in [-0.2, 0) is 11.2 Å². The standard InChI is InChI=1S/C19H19N3O3/c1-3-6-14-9-10-17(18(11-14)24-2)25-12-19(23)21-22-13-20-15-7-4-5-8-16(15)22/h3-5,7-11,13H,1,6,12H2,2H3,(H,21,23). The maximum absolute atomic E-state index is 12.2. The highest BCUT2D eigenvalue weighted by atomic mass is 16.5. The molecule has 0 aliphatic rings. The second-order valence-electron chi connectivity index (χ2n) is 5.40. The summed E-state index contributed by atoms with van der Waals surface area (Å²) in [6.07, 6.45) is 4.12. The summed E-state index contributed by atoms with van der Waals surface area (Å²) >= 11 is 0. The molecule has 0 saturated carbocycles. The Labute approximate surface area is 145 Å². The van der Waals surface area contributed by atoms with Gasteiger partial charge >= 0.3 is 0 Å². The normalized spacial score (nSPS) is 10.4. The van der Waals surface area contributed by atoms with Crippen LogP contribution in [0.4, 0.5) is 0 Å². The lowest BCUT2D eigenvalue weighted by atomic mass is 10.1. The lowest BCUT2D eigenvalue weighted by Gasteiger charge is -2.12. The van der Waals surface area contributed by atoms with Crippen LogP contribution in [0.1, 0.15) is 5.56 Å². The number of allylic oxidation sites excluding steroid dienone is 1. The fraction of sp³-hybridized carbons (Fsp3) is 0.158. The maximum Gasteiger partial charge on any atom is 0.276 e. The molecule has 0 aliphatic heterocycles. The van der Waals surface area contributed by atoms with Crippen molar-refractivity contribution in [1.29, 1.82) is 0 Å². The number of hydrogen-bond acceptors (Lipinski definition) is 4. The zero-order valence-electron chi connectivity index (χ0n) is 13.9. The van der Waals surface area contributed by atoms with Gasteiger partial charge in [-0.15, -0.1) is 6.58 Å². The molecule has 0 spiro atoms. The Morgan fingerprint density at radius 3 is 2.92 bits per heavy atom. The SMILES string of the molecule is C=CCc1ccc(OCC(=O)Nn2cnc3ccccc32)c(OC)c1. The van der Waals surface area contributed by atoms with E-state index in [1.165, 1.54) is 0 Å². The first-order valence-electron chi connectivity index (χ1n) is 7.84. The molecule has 6 nitrogen and oxygen atoms in total. The Hall–Kier alpha value is -3.28. The molecule has 1 amide bonds. The number of carbonyl (C=O) groups is 1. The van der Waals surface area contributed by atoms with Crippen molar-refractivity contribution < 1.29 is 14.3 Å². The minimum atomic E-state index is -0.291. The summed E-state index contributed by atoms with van der Waals surface area (Å²) in [4.78, 5) is 16.4. The van der Waals surface area contributed by atoms with Crippen molar-refractivity contribution in [3.8, 4) is 11.5 Å². The number of aromatic nitrogens is 2. The fourth-order valence-corrected chi connectivity index (χ4v) is 2.48. The Bertz CT molecular complexity index is 902. The molecule has 0 bridgehead atoms. The number of benzene rings is 2. The average molecular weight is 337 g/mol. The summed E-state index contributed by atoms with van der Waals surface area (Å²) in [6.45, 7) is 3.58. The lowest BCUT2D eigenvalue weighted by Crippen LogP contribution is -2.27. The van der Waals surface area contributed by atoms with E-state index < -0.39 is 0 Å². The minimum absolute atomic E-state index is 0.135. The van der Waals surface area contributed by atoms with Gasteiger partial charge in [0.05, 0.1) is 18.1 Å². The Morgan fingerprint density at radius 1 is 1.28 bits per heavy atom. The number of carbonyl (C=O) groups excluding carboxylic acids is 1. The molecular formula is C19H19N3O3. The number of fused-ring (bicyclic) bond motifs is 1. The highest BCUT2D eigenvalue weighted by Gasteiger charge is 2.10. The molecule has 1 aromatic heterocycles. The van der Waals surface area contributed by atoms with Gasteiger partial charge in [-0.2, -0.15) is 0 Å². The predicted octanol–water partition coefficient (Wildman–Crippen LogP) is 2.92. The van der Waals surface area contributed by atoms with Crippen LogP contribution in [0, 0.1) is 0 Å². The largest absolute Gasteiger partial charge is 0.493 e. The van der Waals surface area contributed by atoms with Crippen molar-refractivity contribution in [2.45, 2.75) is 6.42 Å². The van der Waals surface area contributed by atoms with E-state index in [1.54, 1.807) is 24.2 Å². The van der Waals surface area contributed by atoms with E-state index in [4.69, 9.17) is 9.47 Å². The molecule has 0 radical (unpaired) electrons. The van der Waals surface area contributed by atoms with Crippen LogP contribution >= 0.6 is 0 Å². The molecule has 1 heterocycles. The first-order chi connectivity index (χ1) is 12.2. The van der Waals surface area contributed by atoms with Crippen molar-refractivity contribution in [1.82, 2.24) is 9.66 Å². The van der Waals surface area contributed by atoms with E-state index in [0.717, 1.165) is 23.0 Å². The molecule has 0 aliphatic carbocycles. The second-order valence-corrected chi connectivity index (χ2v) is 5.40. The highest BCUT2D eigenvalue weighted by molar-refractivity contribution is 5.87. The van der Waals surface area contributed by atoms with Gasteiger partial charge in [-0.05, 0) is 36.2 Å². The van der Waals surface area contributed by atoms with Gasteiger partial charge in [-0.3, -0.25) is 10.2 Å². The van der Waals surface area contributed by atoms with Gasteiger partial charge in [0.15, 0.2) is 18.1 Å². The summed E-state index contributed by atoms with van der Waals surface area (Å²) in [7, 11) is 1.57. The fourth-order valence-electron chi connectivity index (χ4n) is 2.48. The number of nitrogens with one attached hydrogen (secondary N) is 1. The van der Waals surface area contributed by atoms with Crippen molar-refractivity contribution in [2.24, 2.45) is 0 Å². The van der Waals surface area contributed by atoms with E-state index in [9.17, 15) is 4.79 Å². The monoisotopic (exact) mass is 337 g/mol. The van der Waals surface area contributed by atoms with Gasteiger partial charge in [0, 0.05) is 0 Å². The molecule has 3 rings (SSSR count). The number of para-hydroxylation sites is 2. The molecule has 1 N–H and O–H groups in total. The molecule has 2 aromatic carbocycles. The number of methoxy groups -OCH3 is 1. The van der Waals surface area contributed by atoms with Crippen molar-refractivity contribution >= 4 is 16.9 Å². The average Bonchev–Trinajstić information content (AvgIpc) is 3.04. The molecule has 0 saturated heterocycles. The quantitative estimate of drug-likeness (QED) is 0.673. The van der Waals surface area contributed by atoms with Crippen LogP contribution in [-0.4, -0.2) is 29.3 Å². The van der Waals surface area contributed by atoms with Gasteiger partial charge in [0.1, 0.15) is 6.33 Å². The Kier molecular flexibility index (Phi) is 4.99. The number of hydrogen-bond donors (Lipinski definition) is 1. The van der Waals surface area contributed by atoms with Gasteiger partial charge < -0.3 is 9.47 Å². The van der Waals surface area contributed by atoms with Gasteiger partial charge in [-0.1, -0.05) is 24.3 Å². The molecule has 0 unspecified atom stereocenters. The summed E-state index contributed by atoms with van der Waals surface area (Å²) in [5.74, 6) is 0.807. The summed E-state index contributed by atoms with van der Waals surface area (Å²) < 4.78 is 12.5. The topological polar surface area (TPSA) is 65.4 Å². The van der Waals surface area contributed by atoms with E-state index >= 15 is 0 Å². The summed E-state index contributed by atoms with van der Waals surface area (Å²) in [5, 5.41) is 0. The number of imidazole rings is 1. The molecular weight excluding hydrogens is 318 g/mol. The third-order valence-electron chi connectivity index (χ3n) is 3.67. The van der Waals surface area contributed by atoms with Gasteiger partial charge in [0.2, 0.25) is 0 Å². The molecule has 6 heteroatoms. The Morgan fingerprint density at radius 2 is 2.12 bits per heavy atom. The summed E-state index contributed by atoms with van der Waals surface area (Å²) in [6, 6.07) is 13.1. The zero-order valence-corrected chi connectivity index (χ0v) is 13.9. The van der Waals surface area contributed by atoms with E-state index in [2.05, 4.69) is 17.0 Å². The van der Waals surface area contributed by atoms with Crippen molar-refractivity contribution in [3.05, 3.63) is 67.0 Å². The van der Waals surface area contributed by atoms with Crippen LogP contribution in [0.2, 0.25) is 0 Å². The van der Waals surface area contributed by atoms with Gasteiger partial charge in [0.25, 0.3) is 5.91 Å². The third-order valence-corrected chi connectivity index (χ3v) is 3.67. The van der Waals surface area contributed by atoms with Crippen LogP contribution in [0.25, 0.3) is 11.0 Å². The summed E-state index contributed by atoms with van der Waals surface area (Å²) in [5.41, 5.74) is 5.43. The van der Waals surface area contributed by atoms with E-state index in [-0.39, 0.29) is 12.5 Å². The number of rotatable bonds is 7. The molecule has 0 fully saturated rings. The minimum Gasteiger partial charge on any atom is -0.493 e. The lowest BCUT2D eigenvalue weighted by molar-refractivity contribution is -0.119. The van der Waals surface area contributed by atoms with Crippen LogP contribution < -0.4 is 14.9 Å².